The number of sulfonamides is 1. The fourth-order valence-corrected chi connectivity index (χ4v) is 4.87. The van der Waals surface area contributed by atoms with Gasteiger partial charge in [-0.3, -0.25) is 0 Å². The van der Waals surface area contributed by atoms with Crippen molar-refractivity contribution in [3.8, 4) is 5.75 Å². The Morgan fingerprint density at radius 2 is 1.89 bits per heavy atom. The minimum Gasteiger partial charge on any atom is -0.550 e. The second-order valence-corrected chi connectivity index (χ2v) is 8.44. The normalized spacial score (nSPS) is 16.5. The molecule has 0 radical (unpaired) electrons. The maximum atomic E-state index is 13.1. The van der Waals surface area contributed by atoms with E-state index in [2.05, 4.69) is 5.16 Å². The molecule has 0 N–H and O–H groups in total. The quantitative estimate of drug-likeness (QED) is 0.712. The lowest BCUT2D eigenvalue weighted by Gasteiger charge is -2.31. The van der Waals surface area contributed by atoms with Gasteiger partial charge in [0.05, 0.1) is 7.11 Å². The van der Waals surface area contributed by atoms with Crippen molar-refractivity contribution in [3.63, 3.8) is 0 Å². The highest BCUT2D eigenvalue weighted by atomic mass is 32.2. The Bertz CT molecular complexity index is 970. The van der Waals surface area contributed by atoms with Crippen LogP contribution in [0.3, 0.4) is 0 Å². The van der Waals surface area contributed by atoms with Crippen LogP contribution < -0.4 is 9.84 Å². The van der Waals surface area contributed by atoms with Crippen LogP contribution in [-0.2, 0) is 14.8 Å². The number of aromatic nitrogens is 1. The van der Waals surface area contributed by atoms with Gasteiger partial charge in [-0.25, -0.2) is 8.42 Å². The number of benzene rings is 1. The molecular weight excluding hydrogens is 384 g/mol. The molecule has 150 valence electrons. The summed E-state index contributed by atoms with van der Waals surface area (Å²) >= 11 is 0. The molecule has 8 nitrogen and oxygen atoms in total. The van der Waals surface area contributed by atoms with Crippen LogP contribution in [0.5, 0.6) is 5.75 Å². The molecule has 0 spiro atoms. The van der Waals surface area contributed by atoms with Crippen molar-refractivity contribution in [1.82, 2.24) is 9.46 Å². The maximum Gasteiger partial charge on any atom is 0.248 e. The van der Waals surface area contributed by atoms with Crippen LogP contribution in [0.2, 0.25) is 0 Å². The van der Waals surface area contributed by atoms with Crippen LogP contribution in [0.15, 0.2) is 33.7 Å². The number of carbonyl (C=O) groups excluding carboxylic acids is 1. The van der Waals surface area contributed by atoms with E-state index in [0.29, 0.717) is 0 Å². The summed E-state index contributed by atoms with van der Waals surface area (Å²) in [6.45, 7) is 1.80. The fraction of sp³-hybridized carbons (Fsp3) is 0.368. The Morgan fingerprint density at radius 1 is 1.25 bits per heavy atom. The molecule has 0 atom stereocenters. The van der Waals surface area contributed by atoms with Gasteiger partial charge in [0.15, 0.2) is 10.7 Å². The number of rotatable bonds is 6. The smallest absolute Gasteiger partial charge is 0.248 e. The summed E-state index contributed by atoms with van der Waals surface area (Å²) in [6, 6.07) is 7.25. The number of carboxylic acid groups (broad SMARTS) is 1. The van der Waals surface area contributed by atoms with Gasteiger partial charge in [0.25, 0.3) is 0 Å². The van der Waals surface area contributed by atoms with E-state index >= 15 is 0 Å². The largest absolute Gasteiger partial charge is 0.550 e. The number of ether oxygens (including phenoxy) is 1. The van der Waals surface area contributed by atoms with E-state index in [9.17, 15) is 18.3 Å². The van der Waals surface area contributed by atoms with Crippen molar-refractivity contribution < 1.29 is 27.6 Å². The highest BCUT2D eigenvalue weighted by Crippen LogP contribution is 2.29. The van der Waals surface area contributed by atoms with Gasteiger partial charge in [-0.15, -0.1) is 0 Å². The molecule has 1 aromatic carbocycles. The summed E-state index contributed by atoms with van der Waals surface area (Å²) in [7, 11) is -2.27. The zero-order valence-electron chi connectivity index (χ0n) is 15.6. The number of hydrogen-bond acceptors (Lipinski definition) is 7. The SMILES string of the molecule is COc1ccc(C=Cc2onc(C)c2S(=O)(=O)N2CCC(C(=O)[O-])CC2)cc1. The van der Waals surface area contributed by atoms with Crippen LogP contribution in [0.4, 0.5) is 0 Å². The average molecular weight is 405 g/mol. The maximum absolute atomic E-state index is 13.1. The molecule has 9 heteroatoms. The minimum atomic E-state index is -3.85. The molecule has 28 heavy (non-hydrogen) atoms. The number of hydrogen-bond donors (Lipinski definition) is 0. The van der Waals surface area contributed by atoms with E-state index in [1.165, 1.54) is 4.31 Å². The van der Waals surface area contributed by atoms with Gasteiger partial charge in [0.1, 0.15) is 11.4 Å². The number of nitrogens with zero attached hydrogens (tertiary/aromatic N) is 2. The predicted octanol–water partition coefficient (Wildman–Crippen LogP) is 1.31. The van der Waals surface area contributed by atoms with Crippen molar-refractivity contribution in [1.29, 1.82) is 0 Å². The van der Waals surface area contributed by atoms with Crippen molar-refractivity contribution in [2.24, 2.45) is 5.92 Å². The molecule has 0 aliphatic carbocycles. The van der Waals surface area contributed by atoms with E-state index in [1.807, 2.05) is 12.1 Å². The molecule has 0 unspecified atom stereocenters. The van der Waals surface area contributed by atoms with E-state index in [-0.39, 0.29) is 42.3 Å². The molecule has 1 fully saturated rings. The zero-order valence-corrected chi connectivity index (χ0v) is 16.4. The van der Waals surface area contributed by atoms with E-state index in [4.69, 9.17) is 9.26 Å². The minimum absolute atomic E-state index is 0.00385. The van der Waals surface area contributed by atoms with Gasteiger partial charge in [-0.1, -0.05) is 23.4 Å². The number of carboxylic acids is 1. The molecular formula is C19H21N2O6S-. The second-order valence-electron chi connectivity index (χ2n) is 6.57. The Balaban J connectivity index is 1.83. The Morgan fingerprint density at radius 3 is 2.46 bits per heavy atom. The van der Waals surface area contributed by atoms with E-state index in [1.54, 1.807) is 38.3 Å². The topological polar surface area (TPSA) is 113 Å². The number of piperidine rings is 1. The Hall–Kier alpha value is -2.65. The van der Waals surface area contributed by atoms with E-state index in [0.717, 1.165) is 11.3 Å². The lowest BCUT2D eigenvalue weighted by Crippen LogP contribution is -2.43. The molecule has 1 aromatic heterocycles. The van der Waals surface area contributed by atoms with Crippen LogP contribution in [0.1, 0.15) is 29.9 Å². The Labute approximate surface area is 163 Å². The predicted molar refractivity (Wildman–Crippen MR) is 99.7 cm³/mol. The van der Waals surface area contributed by atoms with Crippen molar-refractivity contribution in [2.75, 3.05) is 20.2 Å². The van der Waals surface area contributed by atoms with Gasteiger partial charge >= 0.3 is 0 Å². The molecule has 1 aliphatic rings. The molecule has 0 bridgehead atoms. The lowest BCUT2D eigenvalue weighted by molar-refractivity contribution is -0.312. The van der Waals surface area contributed by atoms with Crippen molar-refractivity contribution in [2.45, 2.75) is 24.7 Å². The third kappa shape index (κ3) is 4.10. The summed E-state index contributed by atoms with van der Waals surface area (Å²) in [5.74, 6) is -0.906. The van der Waals surface area contributed by atoms with Crippen molar-refractivity contribution >= 4 is 28.1 Å². The Kier molecular flexibility index (Phi) is 5.85. The molecule has 1 saturated heterocycles. The molecule has 2 aromatic rings. The van der Waals surface area contributed by atoms with Crippen LogP contribution in [0.25, 0.3) is 12.2 Å². The van der Waals surface area contributed by atoms with Gasteiger partial charge in [0.2, 0.25) is 10.0 Å². The van der Waals surface area contributed by atoms with Gasteiger partial charge < -0.3 is 19.2 Å². The first-order valence-electron chi connectivity index (χ1n) is 8.82. The van der Waals surface area contributed by atoms with Crippen molar-refractivity contribution in [3.05, 3.63) is 41.3 Å². The second kappa shape index (κ2) is 8.15. The van der Waals surface area contributed by atoms with Crippen LogP contribution >= 0.6 is 0 Å². The monoisotopic (exact) mass is 405 g/mol. The number of carbonyl (C=O) groups is 1. The first-order chi connectivity index (χ1) is 13.3. The van der Waals surface area contributed by atoms with Gasteiger partial charge in [-0.05, 0) is 43.5 Å². The van der Waals surface area contributed by atoms with Crippen LogP contribution in [-0.4, -0.2) is 44.0 Å². The van der Waals surface area contributed by atoms with Crippen LogP contribution in [0, 0.1) is 12.8 Å². The summed E-state index contributed by atoms with van der Waals surface area (Å²) in [4.78, 5) is 11.0. The standard InChI is InChI=1S/C19H22N2O6S/c1-13-18(28(24,25)21-11-9-15(10-12-21)19(22)23)17(27-20-13)8-5-14-3-6-16(26-2)7-4-14/h3-8,15H,9-12H2,1-2H3,(H,22,23)/p-1. The third-order valence-electron chi connectivity index (χ3n) is 4.76. The number of aliphatic carboxylic acids is 1. The lowest BCUT2D eigenvalue weighted by atomic mass is 9.99. The highest BCUT2D eigenvalue weighted by Gasteiger charge is 2.34. The summed E-state index contributed by atoms with van der Waals surface area (Å²) in [6.07, 6.45) is 3.73. The van der Waals surface area contributed by atoms with E-state index < -0.39 is 21.9 Å². The fourth-order valence-electron chi connectivity index (χ4n) is 3.15. The molecule has 0 saturated carbocycles. The summed E-state index contributed by atoms with van der Waals surface area (Å²) in [5, 5.41) is 14.8. The summed E-state index contributed by atoms with van der Waals surface area (Å²) < 4.78 is 37.8. The molecule has 2 heterocycles. The molecule has 3 rings (SSSR count). The molecule has 1 aliphatic heterocycles. The first kappa shape index (κ1) is 20.1. The third-order valence-corrected chi connectivity index (χ3v) is 6.82. The first-order valence-corrected chi connectivity index (χ1v) is 10.3. The summed E-state index contributed by atoms with van der Waals surface area (Å²) in [5.41, 5.74) is 1.10. The average Bonchev–Trinajstić information content (AvgIpc) is 3.08. The van der Waals surface area contributed by atoms with Gasteiger partial charge in [0, 0.05) is 25.0 Å². The highest BCUT2D eigenvalue weighted by molar-refractivity contribution is 7.89. The number of aryl methyl sites for hydroxylation is 1. The molecule has 0 amide bonds. The van der Waals surface area contributed by atoms with Gasteiger partial charge in [-0.2, -0.15) is 4.31 Å². The zero-order chi connectivity index (χ0) is 20.3. The number of methoxy groups -OCH3 is 1.